The minimum atomic E-state index is -3.46. The van der Waals surface area contributed by atoms with E-state index in [-0.39, 0.29) is 16.8 Å². The lowest BCUT2D eigenvalue weighted by atomic mass is 10.2. The number of rotatable bonds is 9. The summed E-state index contributed by atoms with van der Waals surface area (Å²) in [5, 5.41) is 6.01. The number of thioether (sulfide) groups is 1. The van der Waals surface area contributed by atoms with Crippen LogP contribution in [0.5, 0.6) is 0 Å². The summed E-state index contributed by atoms with van der Waals surface area (Å²) in [5.74, 6) is 0.636. The molecule has 2 aromatic carbocycles. The molecular weight excluding hydrogens is 450 g/mol. The van der Waals surface area contributed by atoms with Gasteiger partial charge in [-0.2, -0.15) is 0 Å². The summed E-state index contributed by atoms with van der Waals surface area (Å²) in [7, 11) is -3.46. The van der Waals surface area contributed by atoms with Gasteiger partial charge in [0.1, 0.15) is 0 Å². The number of thiazole rings is 1. The molecule has 1 fully saturated rings. The fourth-order valence-electron chi connectivity index (χ4n) is 2.89. The van der Waals surface area contributed by atoms with Gasteiger partial charge in [-0.15, -0.1) is 23.1 Å². The van der Waals surface area contributed by atoms with Crippen LogP contribution in [-0.2, 0) is 22.3 Å². The lowest BCUT2D eigenvalue weighted by molar-refractivity contribution is 0.0951. The molecular formula is C22H23N3O3S3. The molecule has 0 bridgehead atoms. The summed E-state index contributed by atoms with van der Waals surface area (Å²) in [6.45, 7) is 2.32. The Bertz CT molecular complexity index is 1150. The minimum Gasteiger partial charge on any atom is -0.348 e. The van der Waals surface area contributed by atoms with Gasteiger partial charge >= 0.3 is 0 Å². The Kier molecular flexibility index (Phi) is 6.76. The third-order valence-corrected chi connectivity index (χ3v) is 8.16. The van der Waals surface area contributed by atoms with E-state index in [2.05, 4.69) is 20.4 Å². The van der Waals surface area contributed by atoms with Crippen LogP contribution in [0.3, 0.4) is 0 Å². The smallest absolute Gasteiger partial charge is 0.251 e. The molecule has 9 heteroatoms. The monoisotopic (exact) mass is 473 g/mol. The van der Waals surface area contributed by atoms with Crippen molar-refractivity contribution in [2.24, 2.45) is 0 Å². The van der Waals surface area contributed by atoms with E-state index in [1.54, 1.807) is 47.4 Å². The lowest BCUT2D eigenvalue weighted by Crippen LogP contribution is -2.26. The average Bonchev–Trinajstić information content (AvgIpc) is 3.47. The predicted octanol–water partition coefficient (Wildman–Crippen LogP) is 4.11. The zero-order valence-corrected chi connectivity index (χ0v) is 19.4. The largest absolute Gasteiger partial charge is 0.348 e. The van der Waals surface area contributed by atoms with Crippen molar-refractivity contribution in [3.05, 3.63) is 75.7 Å². The molecule has 31 heavy (non-hydrogen) atoms. The highest BCUT2D eigenvalue weighted by Gasteiger charge is 2.27. The van der Waals surface area contributed by atoms with Gasteiger partial charge in [-0.05, 0) is 61.7 Å². The van der Waals surface area contributed by atoms with Crippen molar-refractivity contribution >= 4 is 39.0 Å². The molecule has 0 saturated heterocycles. The van der Waals surface area contributed by atoms with Crippen molar-refractivity contribution in [3.63, 3.8) is 0 Å². The molecule has 3 aromatic rings. The van der Waals surface area contributed by atoms with Crippen molar-refractivity contribution in [2.45, 2.75) is 47.9 Å². The van der Waals surface area contributed by atoms with E-state index < -0.39 is 10.0 Å². The normalized spacial score (nSPS) is 13.8. The highest BCUT2D eigenvalue weighted by molar-refractivity contribution is 7.98. The van der Waals surface area contributed by atoms with Gasteiger partial charge in [0.15, 0.2) is 0 Å². The topological polar surface area (TPSA) is 88.2 Å². The number of carbonyl (C=O) groups is 1. The van der Waals surface area contributed by atoms with Gasteiger partial charge in [0.05, 0.1) is 15.6 Å². The molecule has 162 valence electrons. The van der Waals surface area contributed by atoms with Crippen LogP contribution < -0.4 is 10.0 Å². The maximum atomic E-state index is 12.4. The van der Waals surface area contributed by atoms with Crippen LogP contribution in [0.15, 0.2) is 63.7 Å². The molecule has 1 aromatic heterocycles. The molecule has 0 spiro atoms. The molecule has 0 unspecified atom stereocenters. The summed E-state index contributed by atoms with van der Waals surface area (Å²) in [6, 6.07) is 14.2. The van der Waals surface area contributed by atoms with Gasteiger partial charge in [0.25, 0.3) is 5.91 Å². The van der Waals surface area contributed by atoms with Crippen molar-refractivity contribution in [1.29, 1.82) is 0 Å². The summed E-state index contributed by atoms with van der Waals surface area (Å²) in [5.41, 5.74) is 2.49. The first-order chi connectivity index (χ1) is 14.9. The van der Waals surface area contributed by atoms with Gasteiger partial charge < -0.3 is 5.32 Å². The second-order valence-electron chi connectivity index (χ2n) is 7.39. The second kappa shape index (κ2) is 9.52. The van der Waals surface area contributed by atoms with Crippen LogP contribution in [-0.4, -0.2) is 25.4 Å². The fraction of sp³-hybridized carbons (Fsp3) is 0.273. The van der Waals surface area contributed by atoms with E-state index in [1.165, 1.54) is 0 Å². The Labute approximate surface area is 190 Å². The molecule has 1 heterocycles. The Morgan fingerprint density at radius 1 is 1.13 bits per heavy atom. The number of nitrogens with zero attached hydrogens (tertiary/aromatic N) is 1. The van der Waals surface area contributed by atoms with Gasteiger partial charge in [0, 0.05) is 34.2 Å². The first kappa shape index (κ1) is 22.0. The molecule has 0 atom stereocenters. The van der Waals surface area contributed by atoms with E-state index in [1.807, 2.05) is 31.2 Å². The van der Waals surface area contributed by atoms with Crippen LogP contribution in [0.25, 0.3) is 0 Å². The molecule has 6 nitrogen and oxygen atoms in total. The van der Waals surface area contributed by atoms with Gasteiger partial charge in [0.2, 0.25) is 10.0 Å². The van der Waals surface area contributed by atoms with Gasteiger partial charge in [-0.25, -0.2) is 18.1 Å². The quantitative estimate of drug-likeness (QED) is 0.457. The Hall–Kier alpha value is -2.20. The molecule has 0 aliphatic heterocycles. The van der Waals surface area contributed by atoms with E-state index in [0.29, 0.717) is 12.1 Å². The number of benzene rings is 2. The van der Waals surface area contributed by atoms with Crippen LogP contribution in [0.4, 0.5) is 0 Å². The molecule has 1 saturated carbocycles. The van der Waals surface area contributed by atoms with Crippen molar-refractivity contribution in [2.75, 3.05) is 0 Å². The molecule has 0 radical (unpaired) electrons. The van der Waals surface area contributed by atoms with Gasteiger partial charge in [-0.1, -0.05) is 12.1 Å². The lowest BCUT2D eigenvalue weighted by Gasteiger charge is -2.08. The van der Waals surface area contributed by atoms with Crippen molar-refractivity contribution in [3.8, 4) is 0 Å². The van der Waals surface area contributed by atoms with Crippen LogP contribution in [0, 0.1) is 6.92 Å². The Morgan fingerprint density at radius 3 is 2.45 bits per heavy atom. The maximum Gasteiger partial charge on any atom is 0.251 e. The fourth-order valence-corrected chi connectivity index (χ4v) is 5.71. The molecule has 2 N–H and O–H groups in total. The standard InChI is InChI=1S/C22H23N3O3S3/c1-15-24-19(13-29-15)14-30-20-8-4-17(5-9-20)22(26)23-12-16-2-10-21(11-3-16)31(27,28)25-18-6-7-18/h2-5,8-11,13,18,25H,6-7,12,14H2,1H3,(H,23,26). The second-order valence-corrected chi connectivity index (χ2v) is 11.2. The third-order valence-electron chi connectivity index (χ3n) is 4.76. The zero-order valence-electron chi connectivity index (χ0n) is 17.0. The van der Waals surface area contributed by atoms with E-state index in [4.69, 9.17) is 0 Å². The van der Waals surface area contributed by atoms with E-state index >= 15 is 0 Å². The van der Waals surface area contributed by atoms with Crippen LogP contribution in [0.1, 0.15) is 39.5 Å². The van der Waals surface area contributed by atoms with E-state index in [0.717, 1.165) is 39.8 Å². The number of hydrogen-bond acceptors (Lipinski definition) is 6. The number of carbonyl (C=O) groups excluding carboxylic acids is 1. The Balaban J connectivity index is 1.28. The van der Waals surface area contributed by atoms with Crippen molar-refractivity contribution < 1.29 is 13.2 Å². The first-order valence-corrected chi connectivity index (χ1v) is 13.3. The van der Waals surface area contributed by atoms with Crippen LogP contribution in [0.2, 0.25) is 0 Å². The summed E-state index contributed by atoms with van der Waals surface area (Å²) in [4.78, 5) is 18.2. The van der Waals surface area contributed by atoms with E-state index in [9.17, 15) is 13.2 Å². The number of aromatic nitrogens is 1. The predicted molar refractivity (Wildman–Crippen MR) is 124 cm³/mol. The summed E-state index contributed by atoms with van der Waals surface area (Å²) in [6.07, 6.45) is 1.79. The van der Waals surface area contributed by atoms with Gasteiger partial charge in [-0.3, -0.25) is 4.79 Å². The molecule has 1 aliphatic rings. The summed E-state index contributed by atoms with van der Waals surface area (Å²) < 4.78 is 27.1. The highest BCUT2D eigenvalue weighted by atomic mass is 32.2. The number of amides is 1. The average molecular weight is 474 g/mol. The summed E-state index contributed by atoms with van der Waals surface area (Å²) >= 11 is 3.33. The zero-order chi connectivity index (χ0) is 21.8. The number of aryl methyl sites for hydroxylation is 1. The maximum absolute atomic E-state index is 12.4. The SMILES string of the molecule is Cc1nc(CSc2ccc(C(=O)NCc3ccc(S(=O)(=O)NC4CC4)cc3)cc2)cs1. The minimum absolute atomic E-state index is 0.0743. The number of sulfonamides is 1. The van der Waals surface area contributed by atoms with Crippen molar-refractivity contribution in [1.82, 2.24) is 15.0 Å². The molecule has 1 amide bonds. The third kappa shape index (κ3) is 6.16. The number of nitrogens with one attached hydrogen (secondary N) is 2. The first-order valence-electron chi connectivity index (χ1n) is 9.92. The molecule has 4 rings (SSSR count). The number of hydrogen-bond donors (Lipinski definition) is 2. The highest BCUT2D eigenvalue weighted by Crippen LogP contribution is 2.24. The Morgan fingerprint density at radius 2 is 1.84 bits per heavy atom. The van der Waals surface area contributed by atoms with Crippen LogP contribution >= 0.6 is 23.1 Å². The molecule has 1 aliphatic carbocycles.